The fourth-order valence-electron chi connectivity index (χ4n) is 1.17. The van der Waals surface area contributed by atoms with Gasteiger partial charge in [0.2, 0.25) is 0 Å². The van der Waals surface area contributed by atoms with E-state index in [1.54, 1.807) is 11.3 Å². The van der Waals surface area contributed by atoms with Crippen LogP contribution in [0.2, 0.25) is 0 Å². The monoisotopic (exact) mass is 366 g/mol. The molecule has 0 bridgehead atoms. The molecule has 1 nitrogen and oxygen atoms in total. The van der Waals surface area contributed by atoms with Crippen molar-refractivity contribution < 1.29 is 4.79 Å². The zero-order valence-corrected chi connectivity index (χ0v) is 10.9. The molecule has 2 rings (SSSR count). The number of fused-ring (bicyclic) bond motifs is 1. The van der Waals surface area contributed by atoms with Crippen molar-refractivity contribution in [3.8, 4) is 0 Å². The molecule has 66 valence electrons. The number of hydrogen-bond donors (Lipinski definition) is 0. The lowest BCUT2D eigenvalue weighted by molar-refractivity contribution is 0.112. The zero-order valence-electron chi connectivity index (χ0n) is 6.38. The Bertz CT molecular complexity index is 478. The summed E-state index contributed by atoms with van der Waals surface area (Å²) in [7, 11) is 0. The molecule has 13 heavy (non-hydrogen) atoms. The Labute approximate surface area is 101 Å². The quantitative estimate of drug-likeness (QED) is 0.549. The van der Waals surface area contributed by atoms with Crippen molar-refractivity contribution in [2.45, 2.75) is 0 Å². The van der Waals surface area contributed by atoms with Crippen LogP contribution in [0.15, 0.2) is 22.0 Å². The van der Waals surface area contributed by atoms with Gasteiger partial charge in [0.15, 0.2) is 6.29 Å². The smallest absolute Gasteiger partial charge is 0.152 e. The SMILES string of the molecule is O=Cc1c(I)ccc2c(Br)csc12. The second-order valence-electron chi connectivity index (χ2n) is 2.54. The third-order valence-electron chi connectivity index (χ3n) is 1.80. The molecule has 0 radical (unpaired) electrons. The van der Waals surface area contributed by atoms with Crippen LogP contribution in [0.5, 0.6) is 0 Å². The number of carbonyl (C=O) groups is 1. The van der Waals surface area contributed by atoms with Gasteiger partial charge in [-0.1, -0.05) is 6.07 Å². The average molecular weight is 367 g/mol. The Morgan fingerprint density at radius 2 is 2.23 bits per heavy atom. The number of benzene rings is 1. The maximum absolute atomic E-state index is 10.8. The van der Waals surface area contributed by atoms with Crippen molar-refractivity contribution in [2.24, 2.45) is 0 Å². The van der Waals surface area contributed by atoms with E-state index in [1.165, 1.54) is 0 Å². The predicted molar refractivity (Wildman–Crippen MR) is 67.6 cm³/mol. The fraction of sp³-hybridized carbons (Fsp3) is 0. The normalized spacial score (nSPS) is 10.6. The summed E-state index contributed by atoms with van der Waals surface area (Å²) in [4.78, 5) is 10.8. The topological polar surface area (TPSA) is 17.1 Å². The van der Waals surface area contributed by atoms with E-state index in [9.17, 15) is 4.79 Å². The number of aldehydes is 1. The van der Waals surface area contributed by atoms with Crippen molar-refractivity contribution in [1.29, 1.82) is 0 Å². The summed E-state index contributed by atoms with van der Waals surface area (Å²) >= 11 is 7.22. The molecule has 0 fully saturated rings. The third-order valence-corrected chi connectivity index (χ3v) is 4.73. The summed E-state index contributed by atoms with van der Waals surface area (Å²) in [5.74, 6) is 0. The summed E-state index contributed by atoms with van der Waals surface area (Å²) in [6.45, 7) is 0. The second kappa shape index (κ2) is 3.67. The molecule has 0 saturated heterocycles. The van der Waals surface area contributed by atoms with E-state index in [4.69, 9.17) is 0 Å². The Kier molecular flexibility index (Phi) is 2.71. The summed E-state index contributed by atoms with van der Waals surface area (Å²) in [6.07, 6.45) is 0.924. The Morgan fingerprint density at radius 3 is 2.92 bits per heavy atom. The Balaban J connectivity index is 2.92. The van der Waals surface area contributed by atoms with Gasteiger partial charge in [0, 0.05) is 29.1 Å². The van der Waals surface area contributed by atoms with E-state index in [0.29, 0.717) is 0 Å². The number of carbonyl (C=O) groups excluding carboxylic acids is 1. The summed E-state index contributed by atoms with van der Waals surface area (Å²) < 4.78 is 3.13. The minimum atomic E-state index is 0.800. The minimum Gasteiger partial charge on any atom is -0.298 e. The van der Waals surface area contributed by atoms with Crippen molar-refractivity contribution in [2.75, 3.05) is 0 Å². The molecular formula is C9H4BrIOS. The van der Waals surface area contributed by atoms with Gasteiger partial charge in [-0.25, -0.2) is 0 Å². The number of hydrogen-bond acceptors (Lipinski definition) is 2. The van der Waals surface area contributed by atoms with E-state index in [2.05, 4.69) is 38.5 Å². The van der Waals surface area contributed by atoms with Gasteiger partial charge < -0.3 is 0 Å². The molecule has 0 spiro atoms. The van der Waals surface area contributed by atoms with Gasteiger partial charge in [0.05, 0.1) is 0 Å². The van der Waals surface area contributed by atoms with Crippen LogP contribution in [-0.4, -0.2) is 6.29 Å². The molecule has 1 aromatic heterocycles. The third kappa shape index (κ3) is 1.55. The molecule has 0 saturated carbocycles. The molecular weight excluding hydrogens is 363 g/mol. The van der Waals surface area contributed by atoms with E-state index in [1.807, 2.05) is 17.5 Å². The molecule has 0 amide bonds. The maximum atomic E-state index is 10.8. The highest BCUT2D eigenvalue weighted by Crippen LogP contribution is 2.33. The van der Waals surface area contributed by atoms with E-state index >= 15 is 0 Å². The zero-order chi connectivity index (χ0) is 9.42. The van der Waals surface area contributed by atoms with Crippen LogP contribution in [0, 0.1) is 3.57 Å². The van der Waals surface area contributed by atoms with Crippen LogP contribution in [-0.2, 0) is 0 Å². The first-order valence-electron chi connectivity index (χ1n) is 3.54. The molecule has 0 aliphatic rings. The first-order chi connectivity index (χ1) is 6.24. The number of thiophene rings is 1. The van der Waals surface area contributed by atoms with Crippen molar-refractivity contribution in [3.05, 3.63) is 31.1 Å². The molecule has 0 aliphatic carbocycles. The van der Waals surface area contributed by atoms with Gasteiger partial charge in [0.1, 0.15) is 0 Å². The van der Waals surface area contributed by atoms with Crippen LogP contribution in [0.25, 0.3) is 10.1 Å². The van der Waals surface area contributed by atoms with E-state index in [0.717, 1.165) is 30.0 Å². The molecule has 1 aromatic carbocycles. The lowest BCUT2D eigenvalue weighted by Gasteiger charge is -1.97. The largest absolute Gasteiger partial charge is 0.298 e. The van der Waals surface area contributed by atoms with Crippen LogP contribution < -0.4 is 0 Å². The van der Waals surface area contributed by atoms with Gasteiger partial charge >= 0.3 is 0 Å². The lowest BCUT2D eigenvalue weighted by atomic mass is 10.2. The molecule has 2 aromatic rings. The van der Waals surface area contributed by atoms with E-state index < -0.39 is 0 Å². The Morgan fingerprint density at radius 1 is 1.46 bits per heavy atom. The van der Waals surface area contributed by atoms with Crippen molar-refractivity contribution in [3.63, 3.8) is 0 Å². The summed E-state index contributed by atoms with van der Waals surface area (Å²) in [6, 6.07) is 3.99. The predicted octanol–water partition coefficient (Wildman–Crippen LogP) is 4.08. The highest BCUT2D eigenvalue weighted by atomic mass is 127. The molecule has 1 heterocycles. The van der Waals surface area contributed by atoms with Gasteiger partial charge in [-0.15, -0.1) is 11.3 Å². The van der Waals surface area contributed by atoms with Crippen molar-refractivity contribution in [1.82, 2.24) is 0 Å². The fourth-order valence-corrected chi connectivity index (χ4v) is 3.61. The maximum Gasteiger partial charge on any atom is 0.152 e. The van der Waals surface area contributed by atoms with Gasteiger partial charge in [-0.3, -0.25) is 4.79 Å². The first kappa shape index (κ1) is 9.61. The lowest BCUT2D eigenvalue weighted by Crippen LogP contribution is -1.84. The standard InChI is InChI=1S/C9H4BrIOS/c10-7-4-13-9-5(7)1-2-8(11)6(9)3-12/h1-4H. The van der Waals surface area contributed by atoms with Gasteiger partial charge in [0.25, 0.3) is 0 Å². The average Bonchev–Trinajstić information content (AvgIpc) is 2.48. The number of halogens is 2. The van der Waals surface area contributed by atoms with Crippen LogP contribution in [0.1, 0.15) is 10.4 Å². The highest BCUT2D eigenvalue weighted by Gasteiger charge is 2.08. The van der Waals surface area contributed by atoms with Gasteiger partial charge in [-0.05, 0) is 44.6 Å². The first-order valence-corrected chi connectivity index (χ1v) is 6.29. The molecule has 0 atom stereocenters. The second-order valence-corrected chi connectivity index (χ2v) is 5.44. The van der Waals surface area contributed by atoms with Crippen LogP contribution >= 0.6 is 49.9 Å². The summed E-state index contributed by atoms with van der Waals surface area (Å²) in [5.41, 5.74) is 0.800. The van der Waals surface area contributed by atoms with Crippen LogP contribution in [0.3, 0.4) is 0 Å². The van der Waals surface area contributed by atoms with E-state index in [-0.39, 0.29) is 0 Å². The minimum absolute atomic E-state index is 0.800. The molecule has 0 N–H and O–H groups in total. The molecule has 4 heteroatoms. The Hall–Kier alpha value is 0.0600. The molecule has 0 aliphatic heterocycles. The van der Waals surface area contributed by atoms with Gasteiger partial charge in [-0.2, -0.15) is 0 Å². The van der Waals surface area contributed by atoms with Crippen LogP contribution in [0.4, 0.5) is 0 Å². The molecule has 0 unspecified atom stereocenters. The highest BCUT2D eigenvalue weighted by molar-refractivity contribution is 14.1. The van der Waals surface area contributed by atoms with Crippen molar-refractivity contribution >= 4 is 66.2 Å². The summed E-state index contributed by atoms with van der Waals surface area (Å²) in [5, 5.41) is 3.13. The number of rotatable bonds is 1.